The Morgan fingerprint density at radius 3 is 3.13 bits per heavy atom. The molecule has 0 spiro atoms. The lowest BCUT2D eigenvalue weighted by atomic mass is 10.0. The van der Waals surface area contributed by atoms with Gasteiger partial charge in [0.2, 0.25) is 0 Å². The van der Waals surface area contributed by atoms with Crippen LogP contribution in [0.15, 0.2) is 0 Å². The van der Waals surface area contributed by atoms with Gasteiger partial charge in [-0.25, -0.2) is 4.79 Å². The minimum Gasteiger partial charge on any atom is -0.332 e. The third-order valence-corrected chi connectivity index (χ3v) is 4.47. The molecule has 0 bridgehead atoms. The smallest absolute Gasteiger partial charge is 0.315 e. The van der Waals surface area contributed by atoms with Gasteiger partial charge in [0.15, 0.2) is 0 Å². The van der Waals surface area contributed by atoms with Gasteiger partial charge in [-0.3, -0.25) is 0 Å². The highest BCUT2D eigenvalue weighted by molar-refractivity contribution is 8.00. The maximum absolute atomic E-state index is 11.1. The summed E-state index contributed by atoms with van der Waals surface area (Å²) in [6.45, 7) is 0. The molecular formula is C10H15N3OS. The van der Waals surface area contributed by atoms with E-state index in [2.05, 4.69) is 16.7 Å². The summed E-state index contributed by atoms with van der Waals surface area (Å²) >= 11 is 1.93. The summed E-state index contributed by atoms with van der Waals surface area (Å²) < 4.78 is 0. The van der Waals surface area contributed by atoms with E-state index in [1.807, 2.05) is 11.8 Å². The molecule has 2 saturated heterocycles. The van der Waals surface area contributed by atoms with Crippen LogP contribution in [0.25, 0.3) is 0 Å². The van der Waals surface area contributed by atoms with Crippen LogP contribution in [0.4, 0.5) is 4.79 Å². The summed E-state index contributed by atoms with van der Waals surface area (Å²) in [6.07, 6.45) is 3.82. The third-order valence-electron chi connectivity index (χ3n) is 2.97. The van der Waals surface area contributed by atoms with Gasteiger partial charge in [-0.1, -0.05) is 6.42 Å². The molecule has 2 aliphatic rings. The summed E-state index contributed by atoms with van der Waals surface area (Å²) in [6, 6.07) is 2.77. The fraction of sp³-hybridized carbons (Fsp3) is 0.800. The van der Waals surface area contributed by atoms with E-state index in [1.165, 1.54) is 0 Å². The molecule has 0 saturated carbocycles. The zero-order valence-electron chi connectivity index (χ0n) is 8.53. The summed E-state index contributed by atoms with van der Waals surface area (Å²) in [5.41, 5.74) is 0. The predicted molar refractivity (Wildman–Crippen MR) is 59.6 cm³/mol. The van der Waals surface area contributed by atoms with E-state index < -0.39 is 0 Å². The fourth-order valence-corrected chi connectivity index (χ4v) is 3.74. The van der Waals surface area contributed by atoms with E-state index in [1.54, 1.807) is 0 Å². The molecule has 0 radical (unpaired) electrons. The number of amides is 2. The molecule has 2 N–H and O–H groups in total. The van der Waals surface area contributed by atoms with Crippen LogP contribution in [0.2, 0.25) is 0 Å². The van der Waals surface area contributed by atoms with Gasteiger partial charge in [-0.2, -0.15) is 17.0 Å². The molecule has 3 unspecified atom stereocenters. The molecule has 2 aliphatic heterocycles. The molecule has 15 heavy (non-hydrogen) atoms. The van der Waals surface area contributed by atoms with Crippen molar-refractivity contribution in [3.05, 3.63) is 0 Å². The van der Waals surface area contributed by atoms with Crippen LogP contribution < -0.4 is 10.6 Å². The molecule has 5 heteroatoms. The lowest BCUT2D eigenvalue weighted by molar-refractivity contribution is 0.247. The van der Waals surface area contributed by atoms with Gasteiger partial charge in [0.25, 0.3) is 0 Å². The molecule has 2 heterocycles. The summed E-state index contributed by atoms with van der Waals surface area (Å²) in [5.74, 6) is 1.02. The first-order chi connectivity index (χ1) is 7.31. The maximum atomic E-state index is 11.1. The van der Waals surface area contributed by atoms with E-state index in [0.29, 0.717) is 23.8 Å². The van der Waals surface area contributed by atoms with Crippen molar-refractivity contribution in [2.75, 3.05) is 5.75 Å². The SMILES string of the molecule is N#CCCCCC1SCC2NC(=O)NC21. The molecular weight excluding hydrogens is 210 g/mol. The lowest BCUT2D eigenvalue weighted by Crippen LogP contribution is -2.36. The molecule has 2 rings (SSSR count). The summed E-state index contributed by atoms with van der Waals surface area (Å²) in [4.78, 5) is 11.1. The number of urea groups is 1. The van der Waals surface area contributed by atoms with Crippen LogP contribution in [0.3, 0.4) is 0 Å². The number of nitrogens with zero attached hydrogens (tertiary/aromatic N) is 1. The molecule has 82 valence electrons. The first-order valence-corrected chi connectivity index (χ1v) is 6.41. The number of carbonyl (C=O) groups is 1. The van der Waals surface area contributed by atoms with Crippen LogP contribution in [0.5, 0.6) is 0 Å². The number of hydrogen-bond donors (Lipinski definition) is 2. The van der Waals surface area contributed by atoms with Gasteiger partial charge in [-0.05, 0) is 12.8 Å². The van der Waals surface area contributed by atoms with Crippen molar-refractivity contribution in [1.29, 1.82) is 5.26 Å². The number of nitrogens with one attached hydrogen (secondary N) is 2. The Morgan fingerprint density at radius 2 is 2.33 bits per heavy atom. The zero-order chi connectivity index (χ0) is 10.7. The molecule has 3 atom stereocenters. The van der Waals surface area contributed by atoms with Gasteiger partial charge in [0, 0.05) is 17.4 Å². The second kappa shape index (κ2) is 4.75. The van der Waals surface area contributed by atoms with Crippen molar-refractivity contribution in [2.24, 2.45) is 0 Å². The number of fused-ring (bicyclic) bond motifs is 1. The number of rotatable bonds is 4. The van der Waals surface area contributed by atoms with Gasteiger partial charge < -0.3 is 10.6 Å². The van der Waals surface area contributed by atoms with E-state index in [-0.39, 0.29) is 6.03 Å². The number of unbranched alkanes of at least 4 members (excludes halogenated alkanes) is 2. The molecule has 0 aromatic carbocycles. The second-order valence-corrected chi connectivity index (χ2v) is 5.30. The second-order valence-electron chi connectivity index (χ2n) is 4.03. The zero-order valence-corrected chi connectivity index (χ0v) is 9.35. The highest BCUT2D eigenvalue weighted by Crippen LogP contribution is 2.33. The average molecular weight is 225 g/mol. The summed E-state index contributed by atoms with van der Waals surface area (Å²) in [5, 5.41) is 14.9. The van der Waals surface area contributed by atoms with Crippen molar-refractivity contribution in [3.8, 4) is 6.07 Å². The van der Waals surface area contributed by atoms with Crippen LogP contribution in [-0.2, 0) is 0 Å². The van der Waals surface area contributed by atoms with Gasteiger partial charge in [0.1, 0.15) is 0 Å². The normalized spacial score (nSPS) is 33.0. The quantitative estimate of drug-likeness (QED) is 0.559. The van der Waals surface area contributed by atoms with E-state index in [9.17, 15) is 4.79 Å². The Labute approximate surface area is 93.8 Å². The minimum atomic E-state index is -0.0210. The van der Waals surface area contributed by atoms with Gasteiger partial charge in [-0.15, -0.1) is 0 Å². The van der Waals surface area contributed by atoms with Crippen molar-refractivity contribution >= 4 is 17.8 Å². The van der Waals surface area contributed by atoms with Crippen molar-refractivity contribution in [1.82, 2.24) is 10.6 Å². The van der Waals surface area contributed by atoms with E-state index >= 15 is 0 Å². The summed E-state index contributed by atoms with van der Waals surface area (Å²) in [7, 11) is 0. The van der Waals surface area contributed by atoms with Crippen LogP contribution >= 0.6 is 11.8 Å². The monoisotopic (exact) mass is 225 g/mol. The number of hydrogen-bond acceptors (Lipinski definition) is 3. The fourth-order valence-electron chi connectivity index (χ4n) is 2.19. The topological polar surface area (TPSA) is 64.9 Å². The largest absolute Gasteiger partial charge is 0.332 e. The minimum absolute atomic E-state index is 0.0210. The van der Waals surface area contributed by atoms with Crippen LogP contribution in [0, 0.1) is 11.3 Å². The molecule has 2 amide bonds. The van der Waals surface area contributed by atoms with Crippen molar-refractivity contribution in [3.63, 3.8) is 0 Å². The highest BCUT2D eigenvalue weighted by atomic mass is 32.2. The Balaban J connectivity index is 1.75. The first-order valence-electron chi connectivity index (χ1n) is 5.37. The molecule has 4 nitrogen and oxygen atoms in total. The molecule has 0 aromatic heterocycles. The Morgan fingerprint density at radius 1 is 1.47 bits per heavy atom. The maximum Gasteiger partial charge on any atom is 0.315 e. The third kappa shape index (κ3) is 2.37. The van der Waals surface area contributed by atoms with Crippen molar-refractivity contribution in [2.45, 2.75) is 43.0 Å². The predicted octanol–water partition coefficient (Wildman–Crippen LogP) is 1.24. The van der Waals surface area contributed by atoms with Gasteiger partial charge in [0.05, 0.1) is 18.2 Å². The molecule has 0 aromatic rings. The Hall–Kier alpha value is -0.890. The molecule has 0 aliphatic carbocycles. The number of thioether (sulfide) groups is 1. The number of nitriles is 1. The first kappa shape index (κ1) is 10.6. The lowest BCUT2D eigenvalue weighted by Gasteiger charge is -2.15. The van der Waals surface area contributed by atoms with Gasteiger partial charge >= 0.3 is 6.03 Å². The van der Waals surface area contributed by atoms with E-state index in [0.717, 1.165) is 25.0 Å². The number of carbonyl (C=O) groups excluding carboxylic acids is 1. The highest BCUT2D eigenvalue weighted by Gasteiger charge is 2.42. The Bertz CT molecular complexity index is 289. The van der Waals surface area contributed by atoms with Crippen LogP contribution in [-0.4, -0.2) is 29.1 Å². The van der Waals surface area contributed by atoms with Crippen LogP contribution in [0.1, 0.15) is 25.7 Å². The van der Waals surface area contributed by atoms with E-state index in [4.69, 9.17) is 5.26 Å². The Kier molecular flexibility index (Phi) is 3.37. The molecule has 2 fully saturated rings. The average Bonchev–Trinajstić information content (AvgIpc) is 2.73. The van der Waals surface area contributed by atoms with Crippen molar-refractivity contribution < 1.29 is 4.79 Å². The standard InChI is InChI=1S/C10H15N3OS/c11-5-3-1-2-4-8-9-7(6-15-8)12-10(14)13-9/h7-9H,1-4,6H2,(H2,12,13,14).